The van der Waals surface area contributed by atoms with Crippen LogP contribution in [0.5, 0.6) is 5.75 Å². The number of fused-ring (bicyclic) bond motifs is 1. The number of hydrogen-bond acceptors (Lipinski definition) is 8. The van der Waals surface area contributed by atoms with Gasteiger partial charge in [-0.2, -0.15) is 14.9 Å². The molecule has 0 spiro atoms. The maximum absolute atomic E-state index is 9.62. The van der Waals surface area contributed by atoms with Gasteiger partial charge in [-0.25, -0.2) is 4.98 Å². The molecule has 0 bridgehead atoms. The number of rotatable bonds is 4. The van der Waals surface area contributed by atoms with E-state index in [4.69, 9.17) is 27.8 Å². The average molecular weight is 419 g/mol. The van der Waals surface area contributed by atoms with Crippen molar-refractivity contribution in [3.05, 3.63) is 59.1 Å². The average Bonchev–Trinajstić information content (AvgIpc) is 3.08. The minimum Gasteiger partial charge on any atom is -0.497 e. The predicted molar refractivity (Wildman–Crippen MR) is 114 cm³/mol. The number of halogens is 1. The summed E-state index contributed by atoms with van der Waals surface area (Å²) in [6.07, 6.45) is 0. The van der Waals surface area contributed by atoms with Gasteiger partial charge in [-0.1, -0.05) is 23.7 Å². The highest BCUT2D eigenvalue weighted by atomic mass is 35.5. The minimum atomic E-state index is 0.0867. The Kier molecular flexibility index (Phi) is 4.92. The summed E-state index contributed by atoms with van der Waals surface area (Å²) in [7, 11) is 1.58. The first-order chi connectivity index (χ1) is 14.5. The zero-order valence-electron chi connectivity index (χ0n) is 15.7. The number of nitrogen functional groups attached to an aromatic ring is 2. The number of anilines is 2. The molecular formula is C20H15ClN8O. The molecule has 2 heterocycles. The van der Waals surface area contributed by atoms with Gasteiger partial charge in [0.2, 0.25) is 0 Å². The molecule has 0 aliphatic heterocycles. The van der Waals surface area contributed by atoms with Crippen molar-refractivity contribution in [2.75, 3.05) is 18.6 Å². The van der Waals surface area contributed by atoms with Crippen LogP contribution in [-0.4, -0.2) is 21.7 Å². The monoisotopic (exact) mass is 418 g/mol. The van der Waals surface area contributed by atoms with E-state index in [1.807, 2.05) is 0 Å². The molecule has 0 saturated carbocycles. The zero-order chi connectivity index (χ0) is 21.3. The fourth-order valence-corrected chi connectivity index (χ4v) is 2.98. The third kappa shape index (κ3) is 3.36. The number of nitriles is 1. The van der Waals surface area contributed by atoms with Crippen LogP contribution in [0.1, 0.15) is 5.56 Å². The SMILES string of the molecule is COc1ccc(N=Nc2c(N)nn3c(N)c(C#N)c(-c4ccc(Cl)cc4)nc23)cc1. The molecule has 30 heavy (non-hydrogen) atoms. The summed E-state index contributed by atoms with van der Waals surface area (Å²) >= 11 is 5.97. The first-order valence-corrected chi connectivity index (χ1v) is 9.09. The van der Waals surface area contributed by atoms with Crippen molar-refractivity contribution in [2.45, 2.75) is 0 Å². The van der Waals surface area contributed by atoms with Crippen molar-refractivity contribution in [1.82, 2.24) is 14.6 Å². The van der Waals surface area contributed by atoms with Crippen LogP contribution in [-0.2, 0) is 0 Å². The normalized spacial score (nSPS) is 11.1. The molecule has 0 amide bonds. The van der Waals surface area contributed by atoms with Crippen molar-refractivity contribution in [3.8, 4) is 23.1 Å². The predicted octanol–water partition coefficient (Wildman–Crippen LogP) is 4.51. The molecule has 4 rings (SSSR count). The molecule has 9 nitrogen and oxygen atoms in total. The molecule has 2 aromatic carbocycles. The Bertz CT molecular complexity index is 1300. The Morgan fingerprint density at radius 1 is 1.07 bits per heavy atom. The molecule has 0 saturated heterocycles. The number of nitrogens with zero attached hydrogens (tertiary/aromatic N) is 6. The highest BCUT2D eigenvalue weighted by Crippen LogP contribution is 2.34. The Morgan fingerprint density at radius 3 is 2.40 bits per heavy atom. The summed E-state index contributed by atoms with van der Waals surface area (Å²) in [5, 5.41) is 22.8. The maximum atomic E-state index is 9.62. The third-order valence-corrected chi connectivity index (χ3v) is 4.62. The van der Waals surface area contributed by atoms with Gasteiger partial charge < -0.3 is 16.2 Å². The van der Waals surface area contributed by atoms with Gasteiger partial charge in [0.1, 0.15) is 23.2 Å². The summed E-state index contributed by atoms with van der Waals surface area (Å²) in [6, 6.07) is 16.0. The summed E-state index contributed by atoms with van der Waals surface area (Å²) < 4.78 is 6.42. The van der Waals surface area contributed by atoms with E-state index in [0.29, 0.717) is 27.7 Å². The third-order valence-electron chi connectivity index (χ3n) is 4.37. The van der Waals surface area contributed by atoms with Gasteiger partial charge in [0.25, 0.3) is 0 Å². The lowest BCUT2D eigenvalue weighted by molar-refractivity contribution is 0.415. The fraction of sp³-hybridized carbons (Fsp3) is 0.0500. The van der Waals surface area contributed by atoms with Crippen LogP contribution < -0.4 is 16.2 Å². The van der Waals surface area contributed by atoms with Gasteiger partial charge >= 0.3 is 0 Å². The zero-order valence-corrected chi connectivity index (χ0v) is 16.5. The van der Waals surface area contributed by atoms with Crippen molar-refractivity contribution in [3.63, 3.8) is 0 Å². The number of nitrogens with two attached hydrogens (primary N) is 2. The van der Waals surface area contributed by atoms with Gasteiger partial charge in [-0.3, -0.25) is 0 Å². The Morgan fingerprint density at radius 2 is 1.77 bits per heavy atom. The lowest BCUT2D eigenvalue weighted by Gasteiger charge is -2.08. The second-order valence-electron chi connectivity index (χ2n) is 6.21. The summed E-state index contributed by atoms with van der Waals surface area (Å²) in [4.78, 5) is 4.57. The highest BCUT2D eigenvalue weighted by molar-refractivity contribution is 6.30. The first kappa shape index (κ1) is 19.2. The van der Waals surface area contributed by atoms with Crippen LogP contribution >= 0.6 is 11.6 Å². The second-order valence-corrected chi connectivity index (χ2v) is 6.64. The van der Waals surface area contributed by atoms with Crippen molar-refractivity contribution in [2.24, 2.45) is 10.2 Å². The van der Waals surface area contributed by atoms with Crippen molar-refractivity contribution in [1.29, 1.82) is 5.26 Å². The molecule has 4 N–H and O–H groups in total. The topological polar surface area (TPSA) is 140 Å². The number of methoxy groups -OCH3 is 1. The quantitative estimate of drug-likeness (QED) is 0.467. The molecule has 0 aliphatic carbocycles. The van der Waals surface area contributed by atoms with Gasteiger partial charge in [0.15, 0.2) is 17.2 Å². The second kappa shape index (κ2) is 7.69. The van der Waals surface area contributed by atoms with Crippen LogP contribution in [0.15, 0.2) is 58.8 Å². The van der Waals surface area contributed by atoms with E-state index in [1.165, 1.54) is 4.52 Å². The minimum absolute atomic E-state index is 0.0867. The van der Waals surface area contributed by atoms with Gasteiger partial charge in [0.05, 0.1) is 18.5 Å². The number of hydrogen-bond donors (Lipinski definition) is 2. The standard InChI is InChI=1S/C20H15ClN8O/c1-30-14-8-6-13(7-9-14)26-27-17-18(23)28-29-19(24)15(10-22)16(25-20(17)29)11-2-4-12(21)5-3-11/h2-9H,24H2,1H3,(H2,23,28). The molecule has 2 aromatic heterocycles. The van der Waals surface area contributed by atoms with Crippen LogP contribution in [0.4, 0.5) is 23.0 Å². The van der Waals surface area contributed by atoms with Crippen molar-refractivity contribution >= 4 is 40.3 Å². The van der Waals surface area contributed by atoms with Crippen LogP contribution in [0, 0.1) is 11.3 Å². The van der Waals surface area contributed by atoms with E-state index in [9.17, 15) is 5.26 Å². The Balaban J connectivity index is 1.86. The van der Waals surface area contributed by atoms with E-state index >= 15 is 0 Å². The molecule has 0 unspecified atom stereocenters. The smallest absolute Gasteiger partial charge is 0.188 e. The largest absolute Gasteiger partial charge is 0.497 e. The van der Waals surface area contributed by atoms with E-state index in [-0.39, 0.29) is 28.5 Å². The molecule has 4 aromatic rings. The number of benzene rings is 2. The molecule has 0 radical (unpaired) electrons. The molecule has 10 heteroatoms. The van der Waals surface area contributed by atoms with Gasteiger partial charge in [0, 0.05) is 10.6 Å². The molecule has 0 fully saturated rings. The lowest BCUT2D eigenvalue weighted by Crippen LogP contribution is -2.06. The van der Waals surface area contributed by atoms with Crippen LogP contribution in [0.3, 0.4) is 0 Å². The number of azo groups is 1. The van der Waals surface area contributed by atoms with E-state index in [2.05, 4.69) is 26.4 Å². The van der Waals surface area contributed by atoms with Crippen LogP contribution in [0.2, 0.25) is 5.02 Å². The molecule has 0 aliphatic rings. The Hall–Kier alpha value is -4.16. The molecule has 148 valence electrons. The van der Waals surface area contributed by atoms with E-state index in [0.717, 1.165) is 0 Å². The Labute approximate surface area is 176 Å². The van der Waals surface area contributed by atoms with Gasteiger partial charge in [-0.15, -0.1) is 10.2 Å². The van der Waals surface area contributed by atoms with Crippen LogP contribution in [0.25, 0.3) is 16.9 Å². The van der Waals surface area contributed by atoms with E-state index < -0.39 is 0 Å². The first-order valence-electron chi connectivity index (χ1n) is 8.71. The molecular weight excluding hydrogens is 404 g/mol. The lowest BCUT2D eigenvalue weighted by atomic mass is 10.1. The summed E-state index contributed by atoms with van der Waals surface area (Å²) in [6.45, 7) is 0. The van der Waals surface area contributed by atoms with Crippen molar-refractivity contribution < 1.29 is 4.74 Å². The molecule has 0 atom stereocenters. The summed E-state index contributed by atoms with van der Waals surface area (Å²) in [5.74, 6) is 0.893. The van der Waals surface area contributed by atoms with Gasteiger partial charge in [-0.05, 0) is 36.4 Å². The fourth-order valence-electron chi connectivity index (χ4n) is 2.85. The van der Waals surface area contributed by atoms with E-state index in [1.54, 1.807) is 55.6 Å². The summed E-state index contributed by atoms with van der Waals surface area (Å²) in [5.41, 5.74) is 14.6. The number of aromatic nitrogens is 3. The number of ether oxygens (including phenoxy) is 1. The maximum Gasteiger partial charge on any atom is 0.188 e. The highest BCUT2D eigenvalue weighted by Gasteiger charge is 2.20.